The summed E-state index contributed by atoms with van der Waals surface area (Å²) in [6.07, 6.45) is 1.77. The number of nitrogens with zero attached hydrogens (tertiary/aromatic N) is 4. The Labute approximate surface area is 153 Å². The molecule has 27 heavy (non-hydrogen) atoms. The average molecular weight is 362 g/mol. The second kappa shape index (κ2) is 6.75. The van der Waals surface area contributed by atoms with Crippen molar-refractivity contribution in [2.24, 2.45) is 0 Å². The van der Waals surface area contributed by atoms with Crippen molar-refractivity contribution in [2.75, 3.05) is 7.11 Å². The van der Waals surface area contributed by atoms with E-state index in [0.717, 1.165) is 11.3 Å². The van der Waals surface area contributed by atoms with Crippen molar-refractivity contribution in [3.05, 3.63) is 77.0 Å². The van der Waals surface area contributed by atoms with Crippen molar-refractivity contribution in [1.82, 2.24) is 14.6 Å². The molecule has 0 saturated heterocycles. The number of rotatable bonds is 5. The first-order valence-corrected chi connectivity index (χ1v) is 8.06. The highest BCUT2D eigenvalue weighted by Gasteiger charge is 2.14. The molecular weight excluding hydrogens is 348 g/mol. The minimum atomic E-state index is -0.480. The normalized spacial score (nSPS) is 10.7. The van der Waals surface area contributed by atoms with Gasteiger partial charge in [-0.15, -0.1) is 5.10 Å². The maximum atomic E-state index is 10.9. The van der Waals surface area contributed by atoms with Gasteiger partial charge in [-0.3, -0.25) is 10.1 Å². The van der Waals surface area contributed by atoms with Crippen LogP contribution in [0.5, 0.6) is 17.4 Å². The zero-order valence-corrected chi connectivity index (χ0v) is 14.3. The lowest BCUT2D eigenvalue weighted by atomic mass is 10.2. The number of nitro benzene ring substituents is 1. The van der Waals surface area contributed by atoms with Crippen LogP contribution in [0.3, 0.4) is 0 Å². The van der Waals surface area contributed by atoms with Gasteiger partial charge in [0.05, 0.1) is 30.0 Å². The van der Waals surface area contributed by atoms with E-state index in [-0.39, 0.29) is 11.6 Å². The van der Waals surface area contributed by atoms with Crippen molar-refractivity contribution in [3.63, 3.8) is 0 Å². The highest BCUT2D eigenvalue weighted by atomic mass is 16.6. The quantitative estimate of drug-likeness (QED) is 0.392. The summed E-state index contributed by atoms with van der Waals surface area (Å²) in [5.41, 5.74) is 2.18. The van der Waals surface area contributed by atoms with Crippen molar-refractivity contribution in [3.8, 4) is 28.6 Å². The molecule has 0 bridgehead atoms. The molecule has 0 atom stereocenters. The fourth-order valence-electron chi connectivity index (χ4n) is 2.66. The van der Waals surface area contributed by atoms with Gasteiger partial charge in [-0.05, 0) is 6.07 Å². The van der Waals surface area contributed by atoms with Crippen LogP contribution in [-0.2, 0) is 0 Å². The number of hydrogen-bond acceptors (Lipinski definition) is 6. The van der Waals surface area contributed by atoms with Crippen molar-refractivity contribution in [2.45, 2.75) is 0 Å². The van der Waals surface area contributed by atoms with Gasteiger partial charge in [0.25, 0.3) is 5.69 Å². The molecule has 2 aromatic carbocycles. The van der Waals surface area contributed by atoms with Gasteiger partial charge in [-0.1, -0.05) is 36.4 Å². The third-order valence-electron chi connectivity index (χ3n) is 3.91. The van der Waals surface area contributed by atoms with Crippen LogP contribution in [-0.4, -0.2) is 26.6 Å². The average Bonchev–Trinajstić information content (AvgIpc) is 3.12. The molecule has 8 heteroatoms. The van der Waals surface area contributed by atoms with Gasteiger partial charge in [0.1, 0.15) is 5.75 Å². The fraction of sp³-hybridized carbons (Fsp3) is 0.0526. The minimum absolute atomic E-state index is 0.0606. The third kappa shape index (κ3) is 3.28. The van der Waals surface area contributed by atoms with Gasteiger partial charge in [0.2, 0.25) is 5.88 Å². The van der Waals surface area contributed by atoms with E-state index in [2.05, 4.69) is 10.1 Å². The Hall–Kier alpha value is -3.94. The van der Waals surface area contributed by atoms with Crippen LogP contribution in [0.2, 0.25) is 0 Å². The Morgan fingerprint density at radius 2 is 1.89 bits per heavy atom. The number of methoxy groups -OCH3 is 1. The standard InChI is InChI=1S/C19H14N4O4/c1-26-17-11-18(27-15-9-5-8-14(10-15)23(24)25)21-22-12-16(20-19(17)22)13-6-3-2-4-7-13/h2-12H,1H3. The Kier molecular flexibility index (Phi) is 4.13. The van der Waals surface area contributed by atoms with Crippen LogP contribution in [0.1, 0.15) is 0 Å². The topological polar surface area (TPSA) is 91.8 Å². The summed E-state index contributed by atoms with van der Waals surface area (Å²) in [6, 6.07) is 17.2. The molecule has 4 rings (SSSR count). The Balaban J connectivity index is 1.74. The number of nitro groups is 1. The van der Waals surface area contributed by atoms with E-state index in [1.54, 1.807) is 28.9 Å². The smallest absolute Gasteiger partial charge is 0.273 e. The van der Waals surface area contributed by atoms with Gasteiger partial charge < -0.3 is 9.47 Å². The Bertz CT molecular complexity index is 1130. The highest BCUT2D eigenvalue weighted by molar-refractivity contribution is 5.66. The van der Waals surface area contributed by atoms with Crippen LogP contribution >= 0.6 is 0 Å². The maximum absolute atomic E-state index is 10.9. The molecule has 0 amide bonds. The highest BCUT2D eigenvalue weighted by Crippen LogP contribution is 2.29. The SMILES string of the molecule is COc1cc(Oc2cccc([N+](=O)[O-])c2)nn2cc(-c3ccccc3)nc12. The number of aromatic nitrogens is 3. The number of non-ortho nitro benzene ring substituents is 1. The fourth-order valence-corrected chi connectivity index (χ4v) is 2.66. The van der Waals surface area contributed by atoms with E-state index in [1.165, 1.54) is 19.2 Å². The van der Waals surface area contributed by atoms with Crippen LogP contribution in [0.15, 0.2) is 66.9 Å². The molecule has 0 radical (unpaired) electrons. The van der Waals surface area contributed by atoms with E-state index >= 15 is 0 Å². The molecule has 0 unspecified atom stereocenters. The van der Waals surface area contributed by atoms with Gasteiger partial charge >= 0.3 is 0 Å². The zero-order valence-electron chi connectivity index (χ0n) is 14.3. The first-order valence-electron chi connectivity index (χ1n) is 8.06. The van der Waals surface area contributed by atoms with E-state index in [0.29, 0.717) is 17.1 Å². The van der Waals surface area contributed by atoms with Crippen LogP contribution in [0.25, 0.3) is 16.9 Å². The molecule has 2 heterocycles. The Morgan fingerprint density at radius 3 is 2.63 bits per heavy atom. The lowest BCUT2D eigenvalue weighted by molar-refractivity contribution is -0.384. The molecule has 0 N–H and O–H groups in total. The second-order valence-electron chi connectivity index (χ2n) is 5.67. The molecule has 2 aromatic heterocycles. The van der Waals surface area contributed by atoms with Crippen molar-refractivity contribution in [1.29, 1.82) is 0 Å². The molecule has 0 fully saturated rings. The van der Waals surface area contributed by atoms with Crippen molar-refractivity contribution < 1.29 is 14.4 Å². The summed E-state index contributed by atoms with van der Waals surface area (Å²) in [7, 11) is 1.53. The molecule has 0 aliphatic carbocycles. The first kappa shape index (κ1) is 16.5. The molecule has 0 aliphatic rings. The Morgan fingerprint density at radius 1 is 1.07 bits per heavy atom. The summed E-state index contributed by atoms with van der Waals surface area (Å²) >= 11 is 0. The molecule has 134 valence electrons. The lowest BCUT2D eigenvalue weighted by Gasteiger charge is -2.07. The summed E-state index contributed by atoms with van der Waals surface area (Å²) in [6.45, 7) is 0. The monoisotopic (exact) mass is 362 g/mol. The largest absolute Gasteiger partial charge is 0.493 e. The predicted octanol–water partition coefficient (Wildman–Crippen LogP) is 4.11. The minimum Gasteiger partial charge on any atom is -0.493 e. The number of hydrogen-bond donors (Lipinski definition) is 0. The van der Waals surface area contributed by atoms with Gasteiger partial charge in [-0.25, -0.2) is 9.50 Å². The number of fused-ring (bicyclic) bond motifs is 1. The number of ether oxygens (including phenoxy) is 2. The summed E-state index contributed by atoms with van der Waals surface area (Å²) in [5.74, 6) is 1.02. The summed E-state index contributed by atoms with van der Waals surface area (Å²) in [4.78, 5) is 15.0. The van der Waals surface area contributed by atoms with Crippen LogP contribution in [0.4, 0.5) is 5.69 Å². The van der Waals surface area contributed by atoms with E-state index in [1.807, 2.05) is 30.3 Å². The van der Waals surface area contributed by atoms with E-state index < -0.39 is 4.92 Å². The molecule has 8 nitrogen and oxygen atoms in total. The zero-order chi connectivity index (χ0) is 18.8. The summed E-state index contributed by atoms with van der Waals surface area (Å²) < 4.78 is 12.7. The van der Waals surface area contributed by atoms with Gasteiger partial charge in [0.15, 0.2) is 11.4 Å². The molecule has 4 aromatic rings. The number of benzene rings is 2. The number of imidazole rings is 1. The predicted molar refractivity (Wildman–Crippen MR) is 98.1 cm³/mol. The summed E-state index contributed by atoms with van der Waals surface area (Å²) in [5, 5.41) is 15.3. The molecule has 0 saturated carbocycles. The molecule has 0 aliphatic heterocycles. The van der Waals surface area contributed by atoms with Crippen molar-refractivity contribution >= 4 is 11.3 Å². The first-order chi connectivity index (χ1) is 13.1. The van der Waals surface area contributed by atoms with Gasteiger partial charge in [0, 0.05) is 17.7 Å². The maximum Gasteiger partial charge on any atom is 0.273 e. The lowest BCUT2D eigenvalue weighted by Crippen LogP contribution is -1.98. The van der Waals surface area contributed by atoms with E-state index in [9.17, 15) is 10.1 Å². The molecule has 0 spiro atoms. The molecular formula is C19H14N4O4. The third-order valence-corrected chi connectivity index (χ3v) is 3.91. The van der Waals surface area contributed by atoms with E-state index in [4.69, 9.17) is 9.47 Å². The van der Waals surface area contributed by atoms with Crippen LogP contribution < -0.4 is 9.47 Å². The van der Waals surface area contributed by atoms with Crippen LogP contribution in [0, 0.1) is 10.1 Å². The van der Waals surface area contributed by atoms with Gasteiger partial charge in [-0.2, -0.15) is 0 Å². The second-order valence-corrected chi connectivity index (χ2v) is 5.67.